The molecule has 2 N–H and O–H groups in total. The zero-order valence-corrected chi connectivity index (χ0v) is 12.3. The number of halogens is 3. The minimum Gasteiger partial charge on any atom is -0.396 e. The molecule has 0 bridgehead atoms. The lowest BCUT2D eigenvalue weighted by atomic mass is 10.2. The molecule has 1 rings (SSSR count). The molecule has 0 heterocycles. The fourth-order valence-electron chi connectivity index (χ4n) is 2.02. The van der Waals surface area contributed by atoms with Crippen molar-refractivity contribution in [1.29, 1.82) is 0 Å². The van der Waals surface area contributed by atoms with Crippen LogP contribution in [-0.4, -0.2) is 38.5 Å². The number of benzene rings is 1. The molecule has 1 unspecified atom stereocenters. The largest absolute Gasteiger partial charge is 0.417 e. The molecule has 1 aromatic carbocycles. The predicted octanol–water partition coefficient (Wildman–Crippen LogP) is 1.84. The number of aliphatic hydroxyl groups excluding tert-OH is 1. The molecule has 0 amide bonds. The van der Waals surface area contributed by atoms with Crippen molar-refractivity contribution < 1.29 is 26.7 Å². The number of nitrogens with one attached hydrogen (secondary N) is 1. The maximum Gasteiger partial charge on any atom is 0.417 e. The molecule has 0 fully saturated rings. The van der Waals surface area contributed by atoms with Gasteiger partial charge in [0.2, 0.25) is 0 Å². The van der Waals surface area contributed by atoms with Crippen LogP contribution in [0.4, 0.5) is 13.2 Å². The maximum atomic E-state index is 12.9. The third-order valence-corrected chi connectivity index (χ3v) is 4.79. The summed E-state index contributed by atoms with van der Waals surface area (Å²) in [5.74, 6) is -0.492. The zero-order valence-electron chi connectivity index (χ0n) is 11.5. The summed E-state index contributed by atoms with van der Waals surface area (Å²) in [6.07, 6.45) is -4.57. The predicted molar refractivity (Wildman–Crippen MR) is 72.7 cm³/mol. The van der Waals surface area contributed by atoms with Gasteiger partial charge in [0.25, 0.3) is 0 Å². The van der Waals surface area contributed by atoms with Crippen LogP contribution in [0, 0.1) is 0 Å². The van der Waals surface area contributed by atoms with E-state index >= 15 is 0 Å². The Hall–Kier alpha value is -1.12. The molecular formula is C13H18F3NO3S. The molecule has 0 spiro atoms. The number of hydrogen-bond acceptors (Lipinski definition) is 4. The molecule has 0 aliphatic carbocycles. The van der Waals surface area contributed by atoms with Gasteiger partial charge in [-0.3, -0.25) is 0 Å². The number of sulfone groups is 1. The van der Waals surface area contributed by atoms with Crippen LogP contribution in [0.2, 0.25) is 0 Å². The van der Waals surface area contributed by atoms with Gasteiger partial charge in [-0.2, -0.15) is 13.2 Å². The summed E-state index contributed by atoms with van der Waals surface area (Å²) in [6.45, 7) is 1.97. The van der Waals surface area contributed by atoms with Gasteiger partial charge < -0.3 is 10.4 Å². The monoisotopic (exact) mass is 325 g/mol. The molecule has 0 saturated carbocycles. The van der Waals surface area contributed by atoms with E-state index in [-0.39, 0.29) is 13.0 Å². The standard InChI is InChI=1S/C13H18F3NO3S/c1-2-17-10(7-8-18)9-21(19,20)12-6-4-3-5-11(12)13(14,15)16/h3-6,10,17-18H,2,7-9H2,1H3. The molecule has 4 nitrogen and oxygen atoms in total. The Bertz CT molecular complexity index is 552. The lowest BCUT2D eigenvalue weighted by molar-refractivity contribution is -0.139. The Kier molecular flexibility index (Phi) is 6.18. The average molecular weight is 325 g/mol. The van der Waals surface area contributed by atoms with Crippen LogP contribution in [0.25, 0.3) is 0 Å². The Balaban J connectivity index is 3.13. The van der Waals surface area contributed by atoms with Crippen LogP contribution in [0.15, 0.2) is 29.2 Å². The van der Waals surface area contributed by atoms with Crippen molar-refractivity contribution in [3.8, 4) is 0 Å². The number of hydrogen-bond donors (Lipinski definition) is 2. The van der Waals surface area contributed by atoms with Gasteiger partial charge in [0, 0.05) is 12.6 Å². The molecule has 0 aliphatic rings. The van der Waals surface area contributed by atoms with Crippen LogP contribution in [0.5, 0.6) is 0 Å². The summed E-state index contributed by atoms with van der Waals surface area (Å²) >= 11 is 0. The second-order valence-electron chi connectivity index (χ2n) is 4.54. The first-order valence-electron chi connectivity index (χ1n) is 6.45. The summed E-state index contributed by atoms with van der Waals surface area (Å²) in [5, 5.41) is 11.7. The third-order valence-electron chi connectivity index (χ3n) is 2.92. The van der Waals surface area contributed by atoms with Crippen molar-refractivity contribution in [2.45, 2.75) is 30.5 Å². The average Bonchev–Trinajstić information content (AvgIpc) is 2.38. The second kappa shape index (κ2) is 7.24. The van der Waals surface area contributed by atoms with Gasteiger partial charge in [0.05, 0.1) is 16.2 Å². The lowest BCUT2D eigenvalue weighted by Gasteiger charge is -2.18. The van der Waals surface area contributed by atoms with Crippen LogP contribution >= 0.6 is 0 Å². The molecule has 0 aliphatic heterocycles. The topological polar surface area (TPSA) is 66.4 Å². The second-order valence-corrected chi connectivity index (χ2v) is 6.54. The Morgan fingerprint density at radius 2 is 1.90 bits per heavy atom. The van der Waals surface area contributed by atoms with Crippen LogP contribution < -0.4 is 5.32 Å². The van der Waals surface area contributed by atoms with Crippen LogP contribution in [-0.2, 0) is 16.0 Å². The third kappa shape index (κ3) is 4.98. The van der Waals surface area contributed by atoms with Crippen molar-refractivity contribution in [1.82, 2.24) is 5.32 Å². The molecule has 1 atom stereocenters. The zero-order chi connectivity index (χ0) is 16.1. The van der Waals surface area contributed by atoms with Crippen molar-refractivity contribution in [3.63, 3.8) is 0 Å². The highest BCUT2D eigenvalue weighted by Gasteiger charge is 2.37. The highest BCUT2D eigenvalue weighted by Crippen LogP contribution is 2.34. The van der Waals surface area contributed by atoms with Gasteiger partial charge in [-0.05, 0) is 25.1 Å². The van der Waals surface area contributed by atoms with E-state index in [1.807, 2.05) is 0 Å². The van der Waals surface area contributed by atoms with E-state index in [2.05, 4.69) is 5.32 Å². The summed E-state index contributed by atoms with van der Waals surface area (Å²) in [6, 6.07) is 3.53. The number of rotatable bonds is 7. The Morgan fingerprint density at radius 1 is 1.29 bits per heavy atom. The van der Waals surface area contributed by atoms with Crippen molar-refractivity contribution in [3.05, 3.63) is 29.8 Å². The normalized spacial score (nSPS) is 14.1. The first-order valence-corrected chi connectivity index (χ1v) is 8.10. The molecule has 120 valence electrons. The fraction of sp³-hybridized carbons (Fsp3) is 0.538. The number of alkyl halides is 3. The lowest BCUT2D eigenvalue weighted by Crippen LogP contribution is -2.36. The van der Waals surface area contributed by atoms with Crippen molar-refractivity contribution in [2.24, 2.45) is 0 Å². The summed E-state index contributed by atoms with van der Waals surface area (Å²) < 4.78 is 63.2. The van der Waals surface area contributed by atoms with Crippen LogP contribution in [0.3, 0.4) is 0 Å². The maximum absolute atomic E-state index is 12.9. The minimum atomic E-state index is -4.73. The van der Waals surface area contributed by atoms with Crippen molar-refractivity contribution in [2.75, 3.05) is 18.9 Å². The Labute approximate surface area is 121 Å². The molecule has 8 heteroatoms. The van der Waals surface area contributed by atoms with Gasteiger partial charge in [-0.25, -0.2) is 8.42 Å². The van der Waals surface area contributed by atoms with E-state index in [4.69, 9.17) is 5.11 Å². The highest BCUT2D eigenvalue weighted by atomic mass is 32.2. The quantitative estimate of drug-likeness (QED) is 0.803. The molecule has 0 saturated heterocycles. The summed E-state index contributed by atoms with van der Waals surface area (Å²) in [5.41, 5.74) is -1.16. The minimum absolute atomic E-state index is 0.154. The SMILES string of the molecule is CCNC(CCO)CS(=O)(=O)c1ccccc1C(F)(F)F. The van der Waals surface area contributed by atoms with Gasteiger partial charge in [-0.1, -0.05) is 19.1 Å². The molecule has 21 heavy (non-hydrogen) atoms. The van der Waals surface area contributed by atoms with Gasteiger partial charge in [-0.15, -0.1) is 0 Å². The van der Waals surface area contributed by atoms with E-state index in [1.165, 1.54) is 6.07 Å². The van der Waals surface area contributed by atoms with Crippen LogP contribution in [0.1, 0.15) is 18.9 Å². The summed E-state index contributed by atoms with van der Waals surface area (Å²) in [7, 11) is -4.11. The first kappa shape index (κ1) is 17.9. The highest BCUT2D eigenvalue weighted by molar-refractivity contribution is 7.91. The smallest absolute Gasteiger partial charge is 0.396 e. The fourth-order valence-corrected chi connectivity index (χ4v) is 3.81. The van der Waals surface area contributed by atoms with Gasteiger partial charge in [0.15, 0.2) is 9.84 Å². The van der Waals surface area contributed by atoms with Crippen molar-refractivity contribution >= 4 is 9.84 Å². The first-order chi connectivity index (χ1) is 9.72. The summed E-state index contributed by atoms with van der Waals surface area (Å²) in [4.78, 5) is -0.724. The van der Waals surface area contributed by atoms with E-state index in [0.717, 1.165) is 18.2 Å². The van der Waals surface area contributed by atoms with E-state index in [0.29, 0.717) is 6.54 Å². The van der Waals surface area contributed by atoms with Gasteiger partial charge in [0.1, 0.15) is 0 Å². The number of aliphatic hydroxyl groups is 1. The van der Waals surface area contributed by atoms with E-state index < -0.39 is 38.3 Å². The molecule has 0 aromatic heterocycles. The van der Waals surface area contributed by atoms with E-state index in [9.17, 15) is 21.6 Å². The molecular weight excluding hydrogens is 307 g/mol. The Morgan fingerprint density at radius 3 is 2.43 bits per heavy atom. The molecule has 1 aromatic rings. The van der Waals surface area contributed by atoms with E-state index in [1.54, 1.807) is 6.92 Å². The van der Waals surface area contributed by atoms with Gasteiger partial charge >= 0.3 is 6.18 Å². The molecule has 0 radical (unpaired) electrons.